The van der Waals surface area contributed by atoms with E-state index in [9.17, 15) is 8.42 Å². The summed E-state index contributed by atoms with van der Waals surface area (Å²) in [7, 11) is -3.57. The van der Waals surface area contributed by atoms with Crippen molar-refractivity contribution in [1.29, 1.82) is 0 Å². The van der Waals surface area contributed by atoms with Gasteiger partial charge in [0, 0.05) is 0 Å². The van der Waals surface area contributed by atoms with Crippen LogP contribution in [0.25, 0.3) is 0 Å². The van der Waals surface area contributed by atoms with Crippen LogP contribution in [0, 0.1) is 0 Å². The number of sulfonamides is 1. The molecule has 0 aliphatic carbocycles. The van der Waals surface area contributed by atoms with Crippen molar-refractivity contribution in [3.8, 4) is 0 Å². The number of nitrogens with one attached hydrogen (secondary N) is 1. The van der Waals surface area contributed by atoms with Gasteiger partial charge in [0.15, 0.2) is 0 Å². The van der Waals surface area contributed by atoms with Crippen LogP contribution in [-0.2, 0) is 10.0 Å². The summed E-state index contributed by atoms with van der Waals surface area (Å²) in [5, 5.41) is 6.37. The quantitative estimate of drug-likeness (QED) is 0.691. The summed E-state index contributed by atoms with van der Waals surface area (Å²) in [6.45, 7) is 0. The van der Waals surface area contributed by atoms with Crippen LogP contribution in [0.3, 0.4) is 0 Å². The van der Waals surface area contributed by atoms with Crippen LogP contribution in [0.15, 0.2) is 0 Å². The molecule has 0 heterocycles. The molecule has 0 amide bonds. The molecule has 0 bridgehead atoms. The third-order valence-electron chi connectivity index (χ3n) is 0.345. The Bertz CT molecular complexity index is 151. The molecule has 0 aliphatic heterocycles. The summed E-state index contributed by atoms with van der Waals surface area (Å²) in [4.78, 5) is 0. The predicted octanol–water partition coefficient (Wildman–Crippen LogP) is 0.715. The maximum Gasteiger partial charge on any atom is 0.227 e. The van der Waals surface area contributed by atoms with Crippen LogP contribution < -0.4 is 5.14 Å². The Balaban J connectivity index is 3.75. The lowest BCUT2D eigenvalue weighted by molar-refractivity contribution is 0.597. The van der Waals surface area contributed by atoms with Crippen LogP contribution >= 0.6 is 31.9 Å². The van der Waals surface area contributed by atoms with Crippen molar-refractivity contribution in [3.63, 3.8) is 0 Å². The van der Waals surface area contributed by atoms with E-state index in [2.05, 4.69) is 31.9 Å². The molecule has 0 spiro atoms. The Labute approximate surface area is 64.9 Å². The first-order valence-corrected chi connectivity index (χ1v) is 5.15. The molecule has 1 N–H and O–H groups in total. The van der Waals surface area contributed by atoms with Gasteiger partial charge in [0.2, 0.25) is 10.0 Å². The topological polar surface area (TPSA) is 57.9 Å². The number of hydrogen-bond acceptors (Lipinski definition) is 2. The normalized spacial score (nSPS) is 12.5. The highest BCUT2D eigenvalue weighted by Gasteiger charge is 2.08. The lowest BCUT2D eigenvalue weighted by Gasteiger charge is -1.94. The molecular weight excluding hydrogens is 262 g/mol. The van der Waals surface area contributed by atoms with Crippen molar-refractivity contribution in [2.45, 2.75) is 3.74 Å². The van der Waals surface area contributed by atoms with E-state index in [1.54, 1.807) is 0 Å². The van der Waals surface area contributed by atoms with Gasteiger partial charge in [-0.1, -0.05) is 31.9 Å². The van der Waals surface area contributed by atoms with Gasteiger partial charge >= 0.3 is 0 Å². The number of halogens is 2. The summed E-state index contributed by atoms with van der Waals surface area (Å²) in [6, 6.07) is 0. The lowest BCUT2D eigenvalue weighted by atomic mass is 11.0. The molecule has 0 rings (SSSR count). The SMILES string of the molecule is [NH]S(=O)(=O)CC(Br)Br. The van der Waals surface area contributed by atoms with Gasteiger partial charge in [-0.25, -0.2) is 8.42 Å². The van der Waals surface area contributed by atoms with Crippen molar-refractivity contribution in [2.24, 2.45) is 0 Å². The van der Waals surface area contributed by atoms with Crippen LogP contribution in [0.4, 0.5) is 0 Å². The Hall–Kier alpha value is 0.870. The molecule has 0 aliphatic rings. The molecule has 3 nitrogen and oxygen atoms in total. The zero-order valence-corrected chi connectivity index (χ0v) is 7.75. The van der Waals surface area contributed by atoms with Crippen LogP contribution in [0.5, 0.6) is 0 Å². The van der Waals surface area contributed by atoms with Crippen LogP contribution in [-0.4, -0.2) is 17.9 Å². The summed E-state index contributed by atoms with van der Waals surface area (Å²) in [5.74, 6) is -0.201. The molecule has 6 heteroatoms. The second-order valence-corrected chi connectivity index (χ2v) is 6.17. The first kappa shape index (κ1) is 8.87. The third kappa shape index (κ3) is 6.87. The van der Waals surface area contributed by atoms with Crippen molar-refractivity contribution < 1.29 is 8.42 Å². The lowest BCUT2D eigenvalue weighted by Crippen LogP contribution is -2.10. The molecular formula is C2H4Br2NO2S. The van der Waals surface area contributed by atoms with E-state index in [0.29, 0.717) is 0 Å². The van der Waals surface area contributed by atoms with Gasteiger partial charge in [0.05, 0.1) is 9.49 Å². The Morgan fingerprint density at radius 1 is 1.50 bits per heavy atom. The number of rotatable bonds is 2. The van der Waals surface area contributed by atoms with Gasteiger partial charge in [-0.15, -0.1) is 5.14 Å². The Morgan fingerprint density at radius 2 is 1.88 bits per heavy atom. The molecule has 0 aromatic heterocycles. The first-order valence-electron chi connectivity index (χ1n) is 1.67. The van der Waals surface area contributed by atoms with Crippen LogP contribution in [0.1, 0.15) is 0 Å². The fraction of sp³-hybridized carbons (Fsp3) is 1.00. The average molecular weight is 266 g/mol. The van der Waals surface area contributed by atoms with Crippen molar-refractivity contribution in [1.82, 2.24) is 5.14 Å². The highest BCUT2D eigenvalue weighted by atomic mass is 79.9. The minimum absolute atomic E-state index is 0.201. The van der Waals surface area contributed by atoms with Gasteiger partial charge in [-0.3, -0.25) is 0 Å². The zero-order chi connectivity index (χ0) is 6.78. The molecule has 0 aromatic carbocycles. The second-order valence-electron chi connectivity index (χ2n) is 1.17. The molecule has 49 valence electrons. The Morgan fingerprint density at radius 3 is 1.88 bits per heavy atom. The first-order chi connectivity index (χ1) is 3.42. The minimum Gasteiger partial charge on any atom is -0.211 e. The van der Waals surface area contributed by atoms with Crippen molar-refractivity contribution in [2.75, 3.05) is 5.75 Å². The summed E-state index contributed by atoms with van der Waals surface area (Å²) >= 11 is 5.86. The molecule has 0 saturated heterocycles. The molecule has 0 atom stereocenters. The average Bonchev–Trinajstić information content (AvgIpc) is 1.21. The molecule has 0 aromatic rings. The van der Waals surface area contributed by atoms with Crippen molar-refractivity contribution >= 4 is 41.9 Å². The van der Waals surface area contributed by atoms with E-state index >= 15 is 0 Å². The van der Waals surface area contributed by atoms with Crippen molar-refractivity contribution in [3.05, 3.63) is 0 Å². The van der Waals surface area contributed by atoms with Gasteiger partial charge in [0.1, 0.15) is 0 Å². The third-order valence-corrected chi connectivity index (χ3v) is 2.62. The van der Waals surface area contributed by atoms with E-state index in [1.165, 1.54) is 0 Å². The summed E-state index contributed by atoms with van der Waals surface area (Å²) in [5.41, 5.74) is 0. The van der Waals surface area contributed by atoms with Crippen LogP contribution in [0.2, 0.25) is 0 Å². The molecule has 0 fully saturated rings. The summed E-state index contributed by atoms with van der Waals surface area (Å²) in [6.07, 6.45) is 0. The number of hydrogen-bond donors (Lipinski definition) is 0. The molecule has 8 heavy (non-hydrogen) atoms. The van der Waals surface area contributed by atoms with Gasteiger partial charge in [-0.2, -0.15) is 0 Å². The van der Waals surface area contributed by atoms with Gasteiger partial charge in [0.25, 0.3) is 0 Å². The molecule has 1 radical (unpaired) electrons. The van der Waals surface area contributed by atoms with Gasteiger partial charge in [-0.05, 0) is 0 Å². The fourth-order valence-corrected chi connectivity index (χ4v) is 2.59. The zero-order valence-electron chi connectivity index (χ0n) is 3.77. The van der Waals surface area contributed by atoms with Gasteiger partial charge < -0.3 is 0 Å². The standard InChI is InChI=1S/C2H4Br2NO2S/c3-2(4)1-8(5,6)7/h2,5H,1H2. The molecule has 0 saturated carbocycles. The predicted molar refractivity (Wildman–Crippen MR) is 38.5 cm³/mol. The van der Waals surface area contributed by atoms with E-state index in [-0.39, 0.29) is 9.49 Å². The highest BCUT2D eigenvalue weighted by Crippen LogP contribution is 2.08. The number of alkyl halides is 2. The van der Waals surface area contributed by atoms with E-state index in [0.717, 1.165) is 0 Å². The Kier molecular flexibility index (Phi) is 3.49. The summed E-state index contributed by atoms with van der Waals surface area (Å²) < 4.78 is 19.8. The largest absolute Gasteiger partial charge is 0.227 e. The maximum absolute atomic E-state index is 10.0. The molecule has 0 unspecified atom stereocenters. The smallest absolute Gasteiger partial charge is 0.211 e. The van der Waals surface area contributed by atoms with E-state index in [4.69, 9.17) is 5.14 Å². The van der Waals surface area contributed by atoms with E-state index in [1.807, 2.05) is 0 Å². The van der Waals surface area contributed by atoms with E-state index < -0.39 is 10.0 Å². The maximum atomic E-state index is 10.0. The highest BCUT2D eigenvalue weighted by molar-refractivity contribution is 9.24. The monoisotopic (exact) mass is 264 g/mol. The second kappa shape index (κ2) is 3.14. The fourth-order valence-electron chi connectivity index (χ4n) is 0.166. The minimum atomic E-state index is -3.57.